The quantitative estimate of drug-likeness (QED) is 0.850. The van der Waals surface area contributed by atoms with Gasteiger partial charge in [-0.25, -0.2) is 13.9 Å². The van der Waals surface area contributed by atoms with Gasteiger partial charge in [0.15, 0.2) is 0 Å². The second-order valence-corrected chi connectivity index (χ2v) is 8.90. The Balaban J connectivity index is 2.31. The average molecular weight is 345 g/mol. The smallest absolute Gasteiger partial charge is 0.106 e. The van der Waals surface area contributed by atoms with Crippen molar-refractivity contribution in [2.24, 2.45) is 0 Å². The Morgan fingerprint density at radius 3 is 2.47 bits per heavy atom. The number of hydrogen-bond donors (Lipinski definition) is 1. The summed E-state index contributed by atoms with van der Waals surface area (Å²) in [5, 5.41) is 0. The summed E-state index contributed by atoms with van der Waals surface area (Å²) >= 11 is 3.42. The van der Waals surface area contributed by atoms with E-state index in [-0.39, 0.29) is 10.3 Å². The SMILES string of the molecule is CC(C)(C)S(=O)NC1(c2cccc(Br)n2)CCCC1. The average Bonchev–Trinajstić information content (AvgIpc) is 2.77. The van der Waals surface area contributed by atoms with Gasteiger partial charge in [0.2, 0.25) is 0 Å². The molecule has 106 valence electrons. The second kappa shape index (κ2) is 5.62. The molecule has 0 aromatic carbocycles. The third-order valence-corrected chi connectivity index (χ3v) is 5.64. The van der Waals surface area contributed by atoms with Gasteiger partial charge in [-0.05, 0) is 61.7 Å². The minimum atomic E-state index is -1.08. The maximum atomic E-state index is 12.4. The summed E-state index contributed by atoms with van der Waals surface area (Å²) in [6.45, 7) is 5.98. The third-order valence-electron chi connectivity index (χ3n) is 3.51. The van der Waals surface area contributed by atoms with E-state index in [9.17, 15) is 4.21 Å². The first kappa shape index (κ1) is 15.1. The standard InChI is InChI=1S/C14H21BrN2OS/c1-13(2,3)19(18)17-14(9-4-5-10-14)11-7-6-8-12(15)16-11/h6-8,17H,4-5,9-10H2,1-3H3. The Labute approximate surface area is 126 Å². The number of rotatable bonds is 3. The molecule has 1 fully saturated rings. The fourth-order valence-electron chi connectivity index (χ4n) is 2.39. The van der Waals surface area contributed by atoms with Gasteiger partial charge in [-0.15, -0.1) is 0 Å². The molecule has 0 saturated heterocycles. The topological polar surface area (TPSA) is 42.0 Å². The molecular formula is C14H21BrN2OS. The van der Waals surface area contributed by atoms with Crippen molar-refractivity contribution in [3.8, 4) is 0 Å². The Hall–Kier alpha value is -0.260. The fraction of sp³-hybridized carbons (Fsp3) is 0.643. The van der Waals surface area contributed by atoms with E-state index in [2.05, 4.69) is 25.6 Å². The minimum absolute atomic E-state index is 0.234. The van der Waals surface area contributed by atoms with Crippen LogP contribution in [0.3, 0.4) is 0 Å². The highest BCUT2D eigenvalue weighted by Gasteiger charge is 2.40. The first-order chi connectivity index (χ1) is 8.83. The zero-order valence-electron chi connectivity index (χ0n) is 11.7. The van der Waals surface area contributed by atoms with Gasteiger partial charge in [-0.1, -0.05) is 18.9 Å². The predicted molar refractivity (Wildman–Crippen MR) is 83.1 cm³/mol. The summed E-state index contributed by atoms with van der Waals surface area (Å²) in [6, 6.07) is 5.95. The van der Waals surface area contributed by atoms with Crippen LogP contribution in [0.1, 0.15) is 52.1 Å². The number of pyridine rings is 1. The largest absolute Gasteiger partial charge is 0.244 e. The molecule has 1 aromatic heterocycles. The van der Waals surface area contributed by atoms with E-state index < -0.39 is 11.0 Å². The number of halogens is 1. The van der Waals surface area contributed by atoms with Gasteiger partial charge in [0.25, 0.3) is 0 Å². The van der Waals surface area contributed by atoms with Crippen LogP contribution < -0.4 is 4.72 Å². The van der Waals surface area contributed by atoms with E-state index in [1.807, 2.05) is 39.0 Å². The highest BCUT2D eigenvalue weighted by Crippen LogP contribution is 2.39. The van der Waals surface area contributed by atoms with Gasteiger partial charge in [0.1, 0.15) is 4.60 Å². The summed E-state index contributed by atoms with van der Waals surface area (Å²) in [4.78, 5) is 4.58. The zero-order valence-corrected chi connectivity index (χ0v) is 14.1. The predicted octanol–water partition coefficient (Wildman–Crippen LogP) is 3.67. The lowest BCUT2D eigenvalue weighted by Crippen LogP contribution is -2.46. The van der Waals surface area contributed by atoms with Crippen LogP contribution in [0, 0.1) is 0 Å². The van der Waals surface area contributed by atoms with Crippen molar-refractivity contribution in [1.82, 2.24) is 9.71 Å². The molecule has 0 bridgehead atoms. The number of nitrogens with zero attached hydrogens (tertiary/aromatic N) is 1. The first-order valence-electron chi connectivity index (χ1n) is 6.66. The molecule has 1 saturated carbocycles. The van der Waals surface area contributed by atoms with Crippen molar-refractivity contribution < 1.29 is 4.21 Å². The lowest BCUT2D eigenvalue weighted by molar-refractivity contribution is 0.399. The van der Waals surface area contributed by atoms with Gasteiger partial charge in [-0.2, -0.15) is 0 Å². The van der Waals surface area contributed by atoms with Crippen molar-refractivity contribution in [3.63, 3.8) is 0 Å². The van der Waals surface area contributed by atoms with Gasteiger partial charge < -0.3 is 0 Å². The molecule has 1 aromatic rings. The van der Waals surface area contributed by atoms with Crippen molar-refractivity contribution in [3.05, 3.63) is 28.5 Å². The Morgan fingerprint density at radius 1 is 1.32 bits per heavy atom. The molecule has 0 aliphatic heterocycles. The Morgan fingerprint density at radius 2 is 1.95 bits per heavy atom. The minimum Gasteiger partial charge on any atom is -0.244 e. The molecule has 5 heteroatoms. The molecule has 1 unspecified atom stereocenters. The van der Waals surface area contributed by atoms with Crippen LogP contribution in [0.15, 0.2) is 22.8 Å². The van der Waals surface area contributed by atoms with Crippen LogP contribution in [0.2, 0.25) is 0 Å². The molecule has 1 aliphatic carbocycles. The van der Waals surface area contributed by atoms with Crippen LogP contribution in [-0.2, 0) is 16.5 Å². The number of aromatic nitrogens is 1. The van der Waals surface area contributed by atoms with E-state index in [4.69, 9.17) is 0 Å². The third kappa shape index (κ3) is 3.44. The monoisotopic (exact) mass is 344 g/mol. The molecule has 1 heterocycles. The van der Waals surface area contributed by atoms with Crippen molar-refractivity contribution >= 4 is 26.9 Å². The maximum Gasteiger partial charge on any atom is 0.106 e. The molecule has 1 N–H and O–H groups in total. The summed E-state index contributed by atoms with van der Waals surface area (Å²) < 4.78 is 16.4. The molecule has 3 nitrogen and oxygen atoms in total. The lowest BCUT2D eigenvalue weighted by atomic mass is 9.94. The Kier molecular flexibility index (Phi) is 4.48. The van der Waals surface area contributed by atoms with Crippen LogP contribution in [0.5, 0.6) is 0 Å². The Bertz CT molecular complexity index is 479. The van der Waals surface area contributed by atoms with Crippen LogP contribution in [0.25, 0.3) is 0 Å². The lowest BCUT2D eigenvalue weighted by Gasteiger charge is -2.32. The van der Waals surface area contributed by atoms with Gasteiger partial charge in [-0.3, -0.25) is 0 Å². The summed E-state index contributed by atoms with van der Waals surface area (Å²) in [6.07, 6.45) is 4.31. The summed E-state index contributed by atoms with van der Waals surface area (Å²) in [7, 11) is -1.08. The van der Waals surface area contributed by atoms with E-state index >= 15 is 0 Å². The van der Waals surface area contributed by atoms with Crippen molar-refractivity contribution in [2.75, 3.05) is 0 Å². The molecular weight excluding hydrogens is 324 g/mol. The second-order valence-electron chi connectivity index (χ2n) is 6.12. The van der Waals surface area contributed by atoms with Gasteiger partial charge in [0, 0.05) is 0 Å². The zero-order chi connectivity index (χ0) is 14.1. The maximum absolute atomic E-state index is 12.4. The van der Waals surface area contributed by atoms with Crippen LogP contribution in [-0.4, -0.2) is 13.9 Å². The van der Waals surface area contributed by atoms with Crippen LogP contribution >= 0.6 is 15.9 Å². The molecule has 0 amide bonds. The summed E-state index contributed by atoms with van der Waals surface area (Å²) in [5.41, 5.74) is 0.763. The normalized spacial score (nSPS) is 20.4. The molecule has 0 radical (unpaired) electrons. The highest BCUT2D eigenvalue weighted by atomic mass is 79.9. The number of nitrogens with one attached hydrogen (secondary N) is 1. The fourth-order valence-corrected chi connectivity index (χ4v) is 3.71. The van der Waals surface area contributed by atoms with Gasteiger partial charge >= 0.3 is 0 Å². The molecule has 19 heavy (non-hydrogen) atoms. The van der Waals surface area contributed by atoms with E-state index in [1.165, 1.54) is 0 Å². The number of hydrogen-bond acceptors (Lipinski definition) is 2. The van der Waals surface area contributed by atoms with Gasteiger partial charge in [0.05, 0.1) is 27.0 Å². The van der Waals surface area contributed by atoms with Crippen molar-refractivity contribution in [2.45, 2.75) is 56.7 Å². The highest BCUT2D eigenvalue weighted by molar-refractivity contribution is 9.10. The summed E-state index contributed by atoms with van der Waals surface area (Å²) in [5.74, 6) is 0. The first-order valence-corrected chi connectivity index (χ1v) is 8.61. The van der Waals surface area contributed by atoms with Crippen molar-refractivity contribution in [1.29, 1.82) is 0 Å². The van der Waals surface area contributed by atoms with E-state index in [0.29, 0.717) is 0 Å². The molecule has 1 atom stereocenters. The van der Waals surface area contributed by atoms with Crippen LogP contribution in [0.4, 0.5) is 0 Å². The molecule has 0 spiro atoms. The molecule has 1 aliphatic rings. The molecule has 2 rings (SSSR count). The van der Waals surface area contributed by atoms with E-state index in [1.54, 1.807) is 0 Å². The van der Waals surface area contributed by atoms with E-state index in [0.717, 1.165) is 36.0 Å².